The Hall–Kier alpha value is -0.890. The molecule has 0 amide bonds. The van der Waals surface area contributed by atoms with Gasteiger partial charge in [-0.3, -0.25) is 4.79 Å². The van der Waals surface area contributed by atoms with E-state index in [-0.39, 0.29) is 57.5 Å². The van der Waals surface area contributed by atoms with E-state index in [4.69, 9.17) is 0 Å². The standard InChI is InChI=1S/C10H22O.C10H20O.C10H22.2C10H20.4CH4/c2*1-9(2,3)7-8(11)10(4,5)6;3*1-9(2,3)7-8-10(4,5)6;;;;/h8,11H,7H2,1-6H3;7H2,1-6H3;7-8H2,1-6H3;2*7-8H,1-6H3;4*1H4/b;;;8-7+;8-7-;;;;. The van der Waals surface area contributed by atoms with E-state index in [0.717, 1.165) is 6.42 Å². The molecule has 1 atom stereocenters. The summed E-state index contributed by atoms with van der Waals surface area (Å²) in [4.78, 5) is 11.5. The molecule has 0 heterocycles. The highest BCUT2D eigenvalue weighted by molar-refractivity contribution is 5.84. The molecule has 0 aromatic carbocycles. The zero-order valence-electron chi connectivity index (χ0n) is 42.1. The van der Waals surface area contributed by atoms with E-state index in [1.807, 2.05) is 20.8 Å². The third kappa shape index (κ3) is 81.3. The minimum absolute atomic E-state index is 0. The van der Waals surface area contributed by atoms with E-state index >= 15 is 0 Å². The van der Waals surface area contributed by atoms with Crippen LogP contribution in [-0.4, -0.2) is 17.0 Å². The fourth-order valence-corrected chi connectivity index (χ4v) is 3.38. The predicted octanol–water partition coefficient (Wildman–Crippen LogP) is 19.5. The number of ketones is 1. The lowest BCUT2D eigenvalue weighted by Crippen LogP contribution is -2.30. The summed E-state index contributed by atoms with van der Waals surface area (Å²) in [5, 5.41) is 9.72. The number of aliphatic hydroxyl groups excluding tert-OH is 1. The maximum Gasteiger partial charge on any atom is 0.138 e. The minimum Gasteiger partial charge on any atom is -0.393 e. The van der Waals surface area contributed by atoms with Gasteiger partial charge in [-0.25, -0.2) is 0 Å². The quantitative estimate of drug-likeness (QED) is 0.289. The number of aliphatic hydroxyl groups is 1. The van der Waals surface area contributed by atoms with Crippen molar-refractivity contribution in [1.82, 2.24) is 0 Å². The van der Waals surface area contributed by atoms with Crippen molar-refractivity contribution < 1.29 is 9.90 Å². The Kier molecular flexibility index (Phi) is 38.7. The summed E-state index contributed by atoms with van der Waals surface area (Å²) >= 11 is 0. The molecule has 0 saturated heterocycles. The number of allylic oxidation sites excluding steroid dienone is 4. The van der Waals surface area contributed by atoms with Crippen molar-refractivity contribution in [3.8, 4) is 0 Å². The highest BCUT2D eigenvalue weighted by Gasteiger charge is 2.27. The number of carbonyl (C=O) groups excluding carboxylic acids is 1. The average Bonchev–Trinajstić information content (AvgIpc) is 2.76. The van der Waals surface area contributed by atoms with Gasteiger partial charge in [0.05, 0.1) is 6.10 Å². The average molecular weight is 802 g/mol. The van der Waals surface area contributed by atoms with Crippen LogP contribution in [0.4, 0.5) is 0 Å². The van der Waals surface area contributed by atoms with Gasteiger partial charge in [0, 0.05) is 11.8 Å². The molecule has 0 aliphatic rings. The molecule has 348 valence electrons. The summed E-state index contributed by atoms with van der Waals surface area (Å²) in [5.74, 6) is 0.352. The molecule has 0 aromatic heterocycles. The fraction of sp³-hybridized carbons (Fsp3) is 0.907. The molecule has 2 nitrogen and oxygen atoms in total. The van der Waals surface area contributed by atoms with E-state index in [0.29, 0.717) is 44.7 Å². The maximum atomic E-state index is 11.5. The van der Waals surface area contributed by atoms with E-state index in [2.05, 4.69) is 211 Å². The van der Waals surface area contributed by atoms with Gasteiger partial charge in [0.1, 0.15) is 5.78 Å². The SMILES string of the molecule is C.C.C.C.CC(C)(C)/C=C/C(C)(C)C.CC(C)(C)/C=C\C(C)(C)C.CC(C)(C)CC(=O)C(C)(C)C.CC(C)(C)CC(O)C(C)(C)C.CC(C)(C)CCC(C)(C)C. The van der Waals surface area contributed by atoms with Gasteiger partial charge in [0.25, 0.3) is 0 Å². The second kappa shape index (κ2) is 28.6. The fourth-order valence-electron chi connectivity index (χ4n) is 3.38. The minimum atomic E-state index is -0.192. The number of hydrogen-bond acceptors (Lipinski definition) is 2. The molecule has 0 fully saturated rings. The Labute approximate surface area is 362 Å². The number of Topliss-reactive ketones (excluding diaryl/α,β-unsaturated/α-hetero) is 1. The van der Waals surface area contributed by atoms with Crippen molar-refractivity contribution in [2.24, 2.45) is 54.1 Å². The lowest BCUT2D eigenvalue weighted by atomic mass is 9.79. The summed E-state index contributed by atoms with van der Waals surface area (Å²) < 4.78 is 0. The van der Waals surface area contributed by atoms with Crippen LogP contribution in [0.25, 0.3) is 0 Å². The summed E-state index contributed by atoms with van der Waals surface area (Å²) in [6.07, 6.45) is 13.1. The van der Waals surface area contributed by atoms with E-state index in [1.165, 1.54) is 12.8 Å². The Morgan fingerprint density at radius 2 is 0.607 bits per heavy atom. The molecule has 0 spiro atoms. The molecule has 0 aliphatic heterocycles. The van der Waals surface area contributed by atoms with Gasteiger partial charge in [-0.15, -0.1) is 0 Å². The number of hydrogen-bond donors (Lipinski definition) is 1. The molecule has 0 bridgehead atoms. The zero-order valence-corrected chi connectivity index (χ0v) is 42.1. The molecule has 2 heteroatoms. The molecule has 0 rings (SSSR count). The smallest absolute Gasteiger partial charge is 0.138 e. The van der Waals surface area contributed by atoms with Crippen LogP contribution in [0.15, 0.2) is 24.3 Å². The first-order valence-electron chi connectivity index (χ1n) is 20.5. The van der Waals surface area contributed by atoms with Gasteiger partial charge < -0.3 is 5.11 Å². The summed E-state index contributed by atoms with van der Waals surface area (Å²) in [6, 6.07) is 0. The third-order valence-electron chi connectivity index (χ3n) is 7.12. The Bertz CT molecular complexity index is 884. The van der Waals surface area contributed by atoms with Gasteiger partial charge in [-0.1, -0.05) is 262 Å². The van der Waals surface area contributed by atoms with Crippen molar-refractivity contribution >= 4 is 5.78 Å². The molecule has 0 saturated carbocycles. The van der Waals surface area contributed by atoms with Crippen LogP contribution in [-0.2, 0) is 4.79 Å². The highest BCUT2D eigenvalue weighted by atomic mass is 16.3. The van der Waals surface area contributed by atoms with Gasteiger partial charge in [-0.05, 0) is 68.0 Å². The first kappa shape index (κ1) is 75.9. The largest absolute Gasteiger partial charge is 0.393 e. The lowest BCUT2D eigenvalue weighted by Gasteiger charge is -2.31. The van der Waals surface area contributed by atoms with Crippen LogP contribution >= 0.6 is 0 Å². The summed E-state index contributed by atoms with van der Waals surface area (Å²) in [6.45, 7) is 65.3. The Balaban J connectivity index is -0.0000000693. The van der Waals surface area contributed by atoms with Crippen molar-refractivity contribution in [1.29, 1.82) is 0 Å². The molecule has 0 radical (unpaired) electrons. The van der Waals surface area contributed by atoms with Crippen molar-refractivity contribution in [3.63, 3.8) is 0 Å². The van der Waals surface area contributed by atoms with Crippen LogP contribution < -0.4 is 0 Å². The van der Waals surface area contributed by atoms with Crippen molar-refractivity contribution in [2.75, 3.05) is 0 Å². The number of rotatable bonds is 3. The summed E-state index contributed by atoms with van der Waals surface area (Å²) in [5.41, 5.74) is 2.53. The first-order valence-corrected chi connectivity index (χ1v) is 20.5. The Morgan fingerprint density at radius 3 is 0.679 bits per heavy atom. The molecule has 0 aromatic rings. The molecule has 1 N–H and O–H groups in total. The number of carbonyl (C=O) groups is 1. The first-order chi connectivity index (χ1) is 21.9. The van der Waals surface area contributed by atoms with Crippen LogP contribution in [0.2, 0.25) is 0 Å². The molecular weight excluding hydrogens is 681 g/mol. The lowest BCUT2D eigenvalue weighted by molar-refractivity contribution is -0.128. The second-order valence-corrected chi connectivity index (χ2v) is 26.8. The predicted molar refractivity (Wildman–Crippen MR) is 269 cm³/mol. The van der Waals surface area contributed by atoms with E-state index < -0.39 is 0 Å². The van der Waals surface area contributed by atoms with Crippen LogP contribution in [0, 0.1) is 54.1 Å². The van der Waals surface area contributed by atoms with Crippen LogP contribution in [0.3, 0.4) is 0 Å². The highest BCUT2D eigenvalue weighted by Crippen LogP contribution is 2.31. The van der Waals surface area contributed by atoms with Crippen molar-refractivity contribution in [2.45, 2.75) is 269 Å². The summed E-state index contributed by atoms with van der Waals surface area (Å²) in [7, 11) is 0. The van der Waals surface area contributed by atoms with Crippen molar-refractivity contribution in [3.05, 3.63) is 24.3 Å². The molecular formula is C54H120O2. The van der Waals surface area contributed by atoms with Crippen LogP contribution in [0.5, 0.6) is 0 Å². The second-order valence-electron chi connectivity index (χ2n) is 26.8. The van der Waals surface area contributed by atoms with Gasteiger partial charge in [-0.2, -0.15) is 0 Å². The van der Waals surface area contributed by atoms with Gasteiger partial charge in [0.15, 0.2) is 0 Å². The topological polar surface area (TPSA) is 37.3 Å². The maximum absolute atomic E-state index is 11.5. The molecule has 0 aliphatic carbocycles. The molecule has 56 heavy (non-hydrogen) atoms. The normalized spacial score (nSPS) is 13.6. The van der Waals surface area contributed by atoms with Crippen LogP contribution in [0.1, 0.15) is 263 Å². The Morgan fingerprint density at radius 1 is 0.393 bits per heavy atom. The van der Waals surface area contributed by atoms with E-state index in [1.54, 1.807) is 0 Å². The van der Waals surface area contributed by atoms with Gasteiger partial charge >= 0.3 is 0 Å². The monoisotopic (exact) mass is 801 g/mol. The molecule has 1 unspecified atom stereocenters. The van der Waals surface area contributed by atoms with E-state index in [9.17, 15) is 9.90 Å². The third-order valence-corrected chi connectivity index (χ3v) is 7.12. The van der Waals surface area contributed by atoms with Gasteiger partial charge in [0.2, 0.25) is 0 Å². The zero-order chi connectivity index (χ0) is 43.8.